The fraction of sp³-hybridized carbons (Fsp3) is 0.529. The Kier molecular flexibility index (Phi) is 6.18. The number of hydrogen-bond donors (Lipinski definition) is 0. The van der Waals surface area contributed by atoms with E-state index in [1.165, 1.54) is 14.2 Å². The number of rotatable bonds is 5. The smallest absolute Gasteiger partial charge is 0.308 e. The predicted octanol–water partition coefficient (Wildman–Crippen LogP) is 1.03. The maximum atomic E-state index is 13.0. The lowest BCUT2D eigenvalue weighted by atomic mass is 9.96. The molecule has 0 radical (unpaired) electrons. The molecule has 0 unspecified atom stereocenters. The average molecular weight is 368 g/mol. The lowest BCUT2D eigenvalue weighted by Gasteiger charge is -2.35. The number of benzene rings is 1. The van der Waals surface area contributed by atoms with E-state index >= 15 is 0 Å². The molecule has 2 rings (SSSR count). The van der Waals surface area contributed by atoms with Gasteiger partial charge in [0.25, 0.3) is 0 Å². The average Bonchev–Trinajstić information content (AvgIpc) is 2.61. The number of sulfonamides is 1. The summed E-state index contributed by atoms with van der Waals surface area (Å²) in [6, 6.07) is 7.93. The molecular weight excluding hydrogens is 344 g/mol. The van der Waals surface area contributed by atoms with Crippen LogP contribution in [-0.2, 0) is 24.3 Å². The number of nitrogens with zero attached hydrogens (tertiary/aromatic N) is 2. The molecule has 138 valence electrons. The molecule has 1 aliphatic heterocycles. The van der Waals surface area contributed by atoms with Crippen molar-refractivity contribution >= 4 is 21.9 Å². The number of esters is 1. The van der Waals surface area contributed by atoms with Crippen LogP contribution in [0.5, 0.6) is 0 Å². The van der Waals surface area contributed by atoms with E-state index < -0.39 is 16.1 Å². The second kappa shape index (κ2) is 7.97. The summed E-state index contributed by atoms with van der Waals surface area (Å²) in [4.78, 5) is 26.3. The van der Waals surface area contributed by atoms with Crippen molar-refractivity contribution in [2.24, 2.45) is 5.92 Å². The van der Waals surface area contributed by atoms with Gasteiger partial charge in [-0.05, 0) is 18.4 Å². The van der Waals surface area contributed by atoms with E-state index in [-0.39, 0.29) is 17.8 Å². The molecular formula is C17H24N2O5S. The van der Waals surface area contributed by atoms with Crippen LogP contribution < -0.4 is 0 Å². The molecule has 25 heavy (non-hydrogen) atoms. The molecule has 8 heteroatoms. The van der Waals surface area contributed by atoms with Gasteiger partial charge in [0.05, 0.1) is 19.3 Å². The van der Waals surface area contributed by atoms with Crippen molar-refractivity contribution < 1.29 is 22.7 Å². The van der Waals surface area contributed by atoms with Crippen LogP contribution in [0, 0.1) is 5.92 Å². The van der Waals surface area contributed by atoms with Gasteiger partial charge in [-0.1, -0.05) is 30.3 Å². The second-order valence-electron chi connectivity index (χ2n) is 6.22. The van der Waals surface area contributed by atoms with E-state index in [1.54, 1.807) is 29.2 Å². The van der Waals surface area contributed by atoms with E-state index in [4.69, 9.17) is 4.74 Å². The van der Waals surface area contributed by atoms with Crippen LogP contribution in [0.1, 0.15) is 24.4 Å². The Hall–Kier alpha value is -1.93. The number of carbonyl (C=O) groups is 2. The zero-order valence-electron chi connectivity index (χ0n) is 14.7. The molecule has 1 aromatic carbocycles. The summed E-state index contributed by atoms with van der Waals surface area (Å²) in [5, 5.41) is 0. The quantitative estimate of drug-likeness (QED) is 0.725. The SMILES string of the molecule is COC(=O)C1CCN(C(=O)[C@H](c2ccccc2)N(C)S(C)(=O)=O)CC1. The zero-order valence-corrected chi connectivity index (χ0v) is 15.5. The van der Waals surface area contributed by atoms with Crippen LogP contribution >= 0.6 is 0 Å². The molecule has 1 amide bonds. The van der Waals surface area contributed by atoms with Gasteiger partial charge in [-0.3, -0.25) is 9.59 Å². The van der Waals surface area contributed by atoms with Gasteiger partial charge in [-0.2, -0.15) is 4.31 Å². The summed E-state index contributed by atoms with van der Waals surface area (Å²) in [6.45, 7) is 0.805. The van der Waals surface area contributed by atoms with Gasteiger partial charge in [-0.15, -0.1) is 0 Å². The normalized spacial score (nSPS) is 17.4. The zero-order chi connectivity index (χ0) is 18.6. The molecule has 1 aliphatic rings. The number of likely N-dealkylation sites (tertiary alicyclic amines) is 1. The Morgan fingerprint density at radius 3 is 2.24 bits per heavy atom. The van der Waals surface area contributed by atoms with E-state index in [2.05, 4.69) is 0 Å². The highest BCUT2D eigenvalue weighted by molar-refractivity contribution is 7.88. The first-order valence-corrected chi connectivity index (χ1v) is 9.95. The van der Waals surface area contributed by atoms with Gasteiger partial charge in [0.15, 0.2) is 0 Å². The summed E-state index contributed by atoms with van der Waals surface area (Å²) in [7, 11) is -0.788. The highest BCUT2D eigenvalue weighted by Gasteiger charge is 2.36. The van der Waals surface area contributed by atoms with Crippen molar-refractivity contribution in [3.63, 3.8) is 0 Å². The topological polar surface area (TPSA) is 84.0 Å². The van der Waals surface area contributed by atoms with E-state index in [0.29, 0.717) is 31.5 Å². The molecule has 1 aromatic rings. The summed E-state index contributed by atoms with van der Waals surface area (Å²) < 4.78 is 29.9. The van der Waals surface area contributed by atoms with Crippen LogP contribution in [0.15, 0.2) is 30.3 Å². The highest BCUT2D eigenvalue weighted by atomic mass is 32.2. The fourth-order valence-electron chi connectivity index (χ4n) is 3.01. The van der Waals surface area contributed by atoms with Crippen LogP contribution in [-0.4, -0.2) is 63.0 Å². The second-order valence-corrected chi connectivity index (χ2v) is 8.26. The van der Waals surface area contributed by atoms with Crippen LogP contribution in [0.25, 0.3) is 0 Å². The Bertz CT molecular complexity index is 712. The van der Waals surface area contributed by atoms with Crippen molar-refractivity contribution in [3.05, 3.63) is 35.9 Å². The van der Waals surface area contributed by atoms with Crippen molar-refractivity contribution in [2.75, 3.05) is 33.5 Å². The first-order valence-electron chi connectivity index (χ1n) is 8.10. The van der Waals surface area contributed by atoms with Crippen molar-refractivity contribution in [1.29, 1.82) is 0 Å². The van der Waals surface area contributed by atoms with Crippen molar-refractivity contribution in [1.82, 2.24) is 9.21 Å². The van der Waals surface area contributed by atoms with Crippen molar-refractivity contribution in [3.8, 4) is 0 Å². The molecule has 0 aromatic heterocycles. The number of likely N-dealkylation sites (N-methyl/N-ethyl adjacent to an activating group) is 1. The van der Waals surface area contributed by atoms with Gasteiger partial charge >= 0.3 is 5.97 Å². The van der Waals surface area contributed by atoms with E-state index in [1.807, 2.05) is 6.07 Å². The van der Waals surface area contributed by atoms with Crippen molar-refractivity contribution in [2.45, 2.75) is 18.9 Å². The van der Waals surface area contributed by atoms with Gasteiger partial charge in [0.1, 0.15) is 6.04 Å². The number of carbonyl (C=O) groups excluding carboxylic acids is 2. The van der Waals surface area contributed by atoms with Gasteiger partial charge in [-0.25, -0.2) is 8.42 Å². The number of methoxy groups -OCH3 is 1. The Morgan fingerprint density at radius 1 is 1.20 bits per heavy atom. The number of hydrogen-bond acceptors (Lipinski definition) is 5. The summed E-state index contributed by atoms with van der Waals surface area (Å²) in [5.74, 6) is -0.751. The third-order valence-electron chi connectivity index (χ3n) is 4.58. The minimum Gasteiger partial charge on any atom is -0.469 e. The monoisotopic (exact) mass is 368 g/mol. The lowest BCUT2D eigenvalue weighted by molar-refractivity contribution is -0.149. The number of piperidine rings is 1. The first-order chi connectivity index (χ1) is 11.8. The molecule has 0 aliphatic carbocycles. The van der Waals surface area contributed by atoms with Crippen LogP contribution in [0.4, 0.5) is 0 Å². The lowest BCUT2D eigenvalue weighted by Crippen LogP contribution is -2.47. The third-order valence-corrected chi connectivity index (χ3v) is 5.83. The molecule has 0 bridgehead atoms. The molecule has 0 N–H and O–H groups in total. The molecule has 1 heterocycles. The molecule has 1 saturated heterocycles. The standard InChI is InChI=1S/C17H24N2O5S/c1-18(25(3,22)23)15(13-7-5-4-6-8-13)16(20)19-11-9-14(10-12-19)17(21)24-2/h4-8,14-15H,9-12H2,1-3H3/t15-/m0/s1. The van der Waals surface area contributed by atoms with E-state index in [0.717, 1.165) is 10.6 Å². The molecule has 1 atom stereocenters. The van der Waals surface area contributed by atoms with Gasteiger partial charge in [0, 0.05) is 20.1 Å². The first kappa shape index (κ1) is 19.4. The molecule has 0 spiro atoms. The summed E-state index contributed by atoms with van der Waals surface area (Å²) in [6.07, 6.45) is 2.12. The van der Waals surface area contributed by atoms with Crippen LogP contribution in [0.3, 0.4) is 0 Å². The molecule has 1 fully saturated rings. The maximum absolute atomic E-state index is 13.0. The molecule has 7 nitrogen and oxygen atoms in total. The number of amides is 1. The molecule has 0 saturated carbocycles. The van der Waals surface area contributed by atoms with Gasteiger partial charge in [0.2, 0.25) is 15.9 Å². The maximum Gasteiger partial charge on any atom is 0.308 e. The highest BCUT2D eigenvalue weighted by Crippen LogP contribution is 2.27. The van der Waals surface area contributed by atoms with E-state index in [9.17, 15) is 18.0 Å². The summed E-state index contributed by atoms with van der Waals surface area (Å²) >= 11 is 0. The minimum absolute atomic E-state index is 0.211. The summed E-state index contributed by atoms with van der Waals surface area (Å²) in [5.41, 5.74) is 0.621. The largest absolute Gasteiger partial charge is 0.469 e. The Labute approximate surface area is 148 Å². The van der Waals surface area contributed by atoms with Gasteiger partial charge < -0.3 is 9.64 Å². The minimum atomic E-state index is -3.55. The Balaban J connectivity index is 2.21. The Morgan fingerprint density at radius 2 is 1.76 bits per heavy atom. The van der Waals surface area contributed by atoms with Crippen LogP contribution in [0.2, 0.25) is 0 Å². The predicted molar refractivity (Wildman–Crippen MR) is 93.1 cm³/mol. The third kappa shape index (κ3) is 4.58. The fourth-order valence-corrected chi connectivity index (χ4v) is 3.60. The number of ether oxygens (including phenoxy) is 1.